The summed E-state index contributed by atoms with van der Waals surface area (Å²) in [6, 6.07) is 10.8. The molecule has 27 heavy (non-hydrogen) atoms. The number of hydrogen-bond donors (Lipinski definition) is 3. The molecule has 0 radical (unpaired) electrons. The Morgan fingerprint density at radius 2 is 1.74 bits per heavy atom. The maximum absolute atomic E-state index is 12.0. The Morgan fingerprint density at radius 1 is 1.07 bits per heavy atom. The van der Waals surface area contributed by atoms with Crippen molar-refractivity contribution in [3.63, 3.8) is 0 Å². The largest absolute Gasteiger partial charge is 0.482 e. The molecule has 0 atom stereocenters. The zero-order valence-corrected chi connectivity index (χ0v) is 18.5. The van der Waals surface area contributed by atoms with E-state index in [0.717, 1.165) is 20.1 Å². The minimum absolute atomic E-state index is 0.0318. The monoisotopic (exact) mass is 513 g/mol. The van der Waals surface area contributed by atoms with E-state index in [-0.39, 0.29) is 17.6 Å². The quantitative estimate of drug-likeness (QED) is 0.429. The van der Waals surface area contributed by atoms with Crippen LogP contribution in [0.1, 0.15) is 21.5 Å². The van der Waals surface area contributed by atoms with Crippen molar-refractivity contribution in [2.75, 3.05) is 6.61 Å². The summed E-state index contributed by atoms with van der Waals surface area (Å²) < 4.78 is 7.17. The van der Waals surface area contributed by atoms with E-state index in [2.05, 4.69) is 48.0 Å². The van der Waals surface area contributed by atoms with Crippen LogP contribution in [0.25, 0.3) is 0 Å². The number of ether oxygens (including phenoxy) is 1. The van der Waals surface area contributed by atoms with E-state index >= 15 is 0 Å². The van der Waals surface area contributed by atoms with Crippen LogP contribution in [-0.4, -0.2) is 23.5 Å². The van der Waals surface area contributed by atoms with Crippen molar-refractivity contribution in [2.45, 2.75) is 13.8 Å². The minimum Gasteiger partial charge on any atom is -0.482 e. The lowest BCUT2D eigenvalue weighted by atomic mass is 10.1. The summed E-state index contributed by atoms with van der Waals surface area (Å²) in [5, 5.41) is 2.40. The molecule has 0 unspecified atom stereocenters. The molecule has 0 fully saturated rings. The molecular formula is C18H17Br2N3O3S. The second-order valence-corrected chi connectivity index (χ2v) is 7.82. The van der Waals surface area contributed by atoms with Gasteiger partial charge in [-0.3, -0.25) is 25.8 Å². The number of hydrazine groups is 1. The lowest BCUT2D eigenvalue weighted by Gasteiger charge is -2.13. The standard InChI is InChI=1S/C18H17Br2N3O3S/c1-10-3-5-12(6-4-10)17(25)22-23-18(27)21-15(24)9-26-16-11(2)7-13(19)8-14(16)20/h3-8H,9H2,1-2H3,(H,22,25)(H2,21,23,24,27). The Morgan fingerprint density at radius 3 is 2.37 bits per heavy atom. The van der Waals surface area contributed by atoms with E-state index in [9.17, 15) is 9.59 Å². The molecule has 0 aliphatic carbocycles. The number of rotatable bonds is 4. The molecule has 0 bridgehead atoms. The van der Waals surface area contributed by atoms with E-state index in [1.807, 2.05) is 38.1 Å². The molecule has 2 amide bonds. The Kier molecular flexibility index (Phi) is 7.76. The highest BCUT2D eigenvalue weighted by Gasteiger charge is 2.11. The van der Waals surface area contributed by atoms with E-state index < -0.39 is 5.91 Å². The first-order valence-electron chi connectivity index (χ1n) is 7.81. The zero-order chi connectivity index (χ0) is 20.0. The van der Waals surface area contributed by atoms with Crippen molar-refractivity contribution >= 4 is 61.0 Å². The fraction of sp³-hybridized carbons (Fsp3) is 0.167. The van der Waals surface area contributed by atoms with Crippen molar-refractivity contribution in [2.24, 2.45) is 0 Å². The van der Waals surface area contributed by atoms with Crippen LogP contribution in [0.15, 0.2) is 45.3 Å². The number of halogens is 2. The first-order valence-corrected chi connectivity index (χ1v) is 9.81. The fourth-order valence-corrected chi connectivity index (χ4v) is 3.81. The summed E-state index contributed by atoms with van der Waals surface area (Å²) in [5.41, 5.74) is 7.30. The van der Waals surface area contributed by atoms with Crippen molar-refractivity contribution < 1.29 is 14.3 Å². The fourth-order valence-electron chi connectivity index (χ4n) is 2.09. The van der Waals surface area contributed by atoms with Gasteiger partial charge in [-0.2, -0.15) is 0 Å². The molecule has 6 nitrogen and oxygen atoms in total. The van der Waals surface area contributed by atoms with Gasteiger partial charge >= 0.3 is 0 Å². The van der Waals surface area contributed by atoms with E-state index in [4.69, 9.17) is 17.0 Å². The van der Waals surface area contributed by atoms with Crippen molar-refractivity contribution in [3.05, 3.63) is 62.0 Å². The maximum Gasteiger partial charge on any atom is 0.269 e. The summed E-state index contributed by atoms with van der Waals surface area (Å²) in [5.74, 6) is -0.247. The van der Waals surface area contributed by atoms with Crippen molar-refractivity contribution in [1.29, 1.82) is 0 Å². The molecule has 0 aliphatic heterocycles. The van der Waals surface area contributed by atoms with Crippen molar-refractivity contribution in [3.8, 4) is 5.75 Å². The van der Waals surface area contributed by atoms with E-state index in [1.54, 1.807) is 12.1 Å². The molecule has 0 saturated carbocycles. The van der Waals surface area contributed by atoms with Gasteiger partial charge in [-0.25, -0.2) is 0 Å². The van der Waals surface area contributed by atoms with Crippen LogP contribution in [0.5, 0.6) is 5.75 Å². The average molecular weight is 515 g/mol. The Bertz CT molecular complexity index is 850. The number of amides is 2. The van der Waals surface area contributed by atoms with Crippen LogP contribution < -0.4 is 20.9 Å². The third-order valence-corrected chi connectivity index (χ3v) is 4.65. The molecule has 2 rings (SSSR count). The smallest absolute Gasteiger partial charge is 0.269 e. The normalized spacial score (nSPS) is 10.1. The molecular weight excluding hydrogens is 498 g/mol. The van der Waals surface area contributed by atoms with Crippen LogP contribution >= 0.6 is 44.1 Å². The highest BCUT2D eigenvalue weighted by atomic mass is 79.9. The molecule has 0 aromatic heterocycles. The van der Waals surface area contributed by atoms with Gasteiger partial charge in [0.1, 0.15) is 5.75 Å². The number of hydrogen-bond acceptors (Lipinski definition) is 4. The van der Waals surface area contributed by atoms with E-state index in [0.29, 0.717) is 11.3 Å². The number of thiocarbonyl (C=S) groups is 1. The van der Waals surface area contributed by atoms with Crippen LogP contribution in [-0.2, 0) is 4.79 Å². The van der Waals surface area contributed by atoms with Gasteiger partial charge in [0.05, 0.1) is 4.47 Å². The highest BCUT2D eigenvalue weighted by Crippen LogP contribution is 2.32. The lowest BCUT2D eigenvalue weighted by molar-refractivity contribution is -0.121. The minimum atomic E-state index is -0.452. The van der Waals surface area contributed by atoms with Gasteiger partial charge in [0.25, 0.3) is 11.8 Å². The van der Waals surface area contributed by atoms with Gasteiger partial charge in [0, 0.05) is 10.0 Å². The lowest BCUT2D eigenvalue weighted by Crippen LogP contribution is -2.49. The molecule has 0 heterocycles. The Hall–Kier alpha value is -1.97. The number of carbonyl (C=O) groups excluding carboxylic acids is 2. The van der Waals surface area contributed by atoms with Crippen LogP contribution in [0.2, 0.25) is 0 Å². The Balaban J connectivity index is 1.79. The van der Waals surface area contributed by atoms with Crippen molar-refractivity contribution in [1.82, 2.24) is 16.2 Å². The summed E-state index contributed by atoms with van der Waals surface area (Å²) in [6.45, 7) is 3.57. The molecule has 9 heteroatoms. The first-order chi connectivity index (χ1) is 12.8. The van der Waals surface area contributed by atoms with Crippen LogP contribution in [0, 0.1) is 13.8 Å². The SMILES string of the molecule is Cc1ccc(C(=O)NNC(=S)NC(=O)COc2c(C)cc(Br)cc2Br)cc1. The second-order valence-electron chi connectivity index (χ2n) is 5.64. The van der Waals surface area contributed by atoms with Gasteiger partial charge in [0.15, 0.2) is 11.7 Å². The highest BCUT2D eigenvalue weighted by molar-refractivity contribution is 9.11. The third kappa shape index (κ3) is 6.60. The predicted octanol–water partition coefficient (Wildman–Crippen LogP) is 3.54. The number of nitrogens with one attached hydrogen (secondary N) is 3. The van der Waals surface area contributed by atoms with E-state index in [1.165, 1.54) is 0 Å². The summed E-state index contributed by atoms with van der Waals surface area (Å²) in [4.78, 5) is 23.9. The number of benzene rings is 2. The summed E-state index contributed by atoms with van der Waals surface area (Å²) in [7, 11) is 0. The second kappa shape index (κ2) is 9.82. The maximum atomic E-state index is 12.0. The third-order valence-electron chi connectivity index (χ3n) is 3.40. The molecule has 0 spiro atoms. The number of aryl methyl sites for hydroxylation is 2. The predicted molar refractivity (Wildman–Crippen MR) is 115 cm³/mol. The number of carbonyl (C=O) groups is 2. The zero-order valence-electron chi connectivity index (χ0n) is 14.6. The van der Waals surface area contributed by atoms with Crippen LogP contribution in [0.3, 0.4) is 0 Å². The molecule has 0 aliphatic rings. The molecule has 0 saturated heterocycles. The van der Waals surface area contributed by atoms with Gasteiger partial charge in [-0.1, -0.05) is 33.6 Å². The Labute approximate surface area is 179 Å². The molecule has 2 aromatic rings. The van der Waals surface area contributed by atoms with Crippen LogP contribution in [0.4, 0.5) is 0 Å². The van der Waals surface area contributed by atoms with Gasteiger partial charge in [0.2, 0.25) is 0 Å². The van der Waals surface area contributed by atoms with Gasteiger partial charge < -0.3 is 4.74 Å². The average Bonchev–Trinajstić information content (AvgIpc) is 2.59. The summed E-state index contributed by atoms with van der Waals surface area (Å²) >= 11 is 11.8. The molecule has 142 valence electrons. The summed E-state index contributed by atoms with van der Waals surface area (Å²) in [6.07, 6.45) is 0. The molecule has 2 aromatic carbocycles. The first kappa shape index (κ1) is 21.3. The van der Waals surface area contributed by atoms with Gasteiger partial charge in [-0.15, -0.1) is 0 Å². The molecule has 3 N–H and O–H groups in total. The van der Waals surface area contributed by atoms with Gasteiger partial charge in [-0.05, 0) is 71.8 Å². The topological polar surface area (TPSA) is 79.5 Å².